The lowest BCUT2D eigenvalue weighted by Gasteiger charge is -2.11. The number of hydrogen-bond donors (Lipinski definition) is 2. The smallest absolute Gasteiger partial charge is 0.300 e. The van der Waals surface area contributed by atoms with Crippen LogP contribution in [0, 0.1) is 28.4 Å². The van der Waals surface area contributed by atoms with E-state index in [4.69, 9.17) is 9.84 Å². The molecular formula is C16H15N5O6. The molecule has 11 heteroatoms. The molecule has 0 aliphatic rings. The number of nitro groups is 1. The van der Waals surface area contributed by atoms with Crippen molar-refractivity contribution in [3.63, 3.8) is 0 Å². The largest absolute Gasteiger partial charge is 0.496 e. The predicted octanol–water partition coefficient (Wildman–Crippen LogP) is 2.06. The standard InChI is InChI=1S/C16H15N5O6/c1-9-11(8-17)15(23)20(5-6-22)16(24)14(9)19-18-12-4-3-10(27-2)7-13(12)21(25)26/h3-4,7,22-23H,5-6H2,1-2H3. The van der Waals surface area contributed by atoms with E-state index < -0.39 is 23.0 Å². The van der Waals surface area contributed by atoms with Crippen LogP contribution in [-0.4, -0.2) is 33.4 Å². The first-order valence-electron chi connectivity index (χ1n) is 7.57. The van der Waals surface area contributed by atoms with Crippen LogP contribution in [0.3, 0.4) is 0 Å². The summed E-state index contributed by atoms with van der Waals surface area (Å²) < 4.78 is 5.71. The number of nitrogens with zero attached hydrogens (tertiary/aromatic N) is 5. The second-order valence-corrected chi connectivity index (χ2v) is 5.28. The molecule has 0 saturated carbocycles. The highest BCUT2D eigenvalue weighted by molar-refractivity contribution is 5.61. The first-order chi connectivity index (χ1) is 12.8. The first-order valence-corrected chi connectivity index (χ1v) is 7.57. The van der Waals surface area contributed by atoms with Gasteiger partial charge in [0.15, 0.2) is 11.4 Å². The first kappa shape index (κ1) is 19.5. The molecule has 0 fully saturated rings. The summed E-state index contributed by atoms with van der Waals surface area (Å²) in [5.41, 5.74) is -1.72. The van der Waals surface area contributed by atoms with E-state index in [1.54, 1.807) is 6.07 Å². The van der Waals surface area contributed by atoms with E-state index in [1.165, 1.54) is 26.2 Å². The summed E-state index contributed by atoms with van der Waals surface area (Å²) in [5, 5.41) is 47.0. The summed E-state index contributed by atoms with van der Waals surface area (Å²) in [6.07, 6.45) is 0. The number of pyridine rings is 1. The molecule has 2 aromatic rings. The van der Waals surface area contributed by atoms with E-state index in [2.05, 4.69) is 10.2 Å². The van der Waals surface area contributed by atoms with Gasteiger partial charge in [-0.15, -0.1) is 10.2 Å². The maximum absolute atomic E-state index is 12.5. The van der Waals surface area contributed by atoms with Crippen molar-refractivity contribution in [3.05, 3.63) is 49.8 Å². The monoisotopic (exact) mass is 373 g/mol. The molecular weight excluding hydrogens is 358 g/mol. The molecule has 140 valence electrons. The van der Waals surface area contributed by atoms with Gasteiger partial charge in [0.1, 0.15) is 17.4 Å². The Balaban J connectivity index is 2.65. The number of aliphatic hydroxyl groups is 1. The van der Waals surface area contributed by atoms with Gasteiger partial charge in [-0.3, -0.25) is 19.5 Å². The van der Waals surface area contributed by atoms with Crippen molar-refractivity contribution in [1.29, 1.82) is 5.26 Å². The molecule has 27 heavy (non-hydrogen) atoms. The molecule has 1 heterocycles. The molecule has 1 aromatic carbocycles. The van der Waals surface area contributed by atoms with Crippen molar-refractivity contribution in [2.45, 2.75) is 13.5 Å². The maximum Gasteiger partial charge on any atom is 0.300 e. The molecule has 0 bridgehead atoms. The summed E-state index contributed by atoms with van der Waals surface area (Å²) in [6, 6.07) is 5.65. The average molecular weight is 373 g/mol. The summed E-state index contributed by atoms with van der Waals surface area (Å²) in [6.45, 7) is 0.673. The van der Waals surface area contributed by atoms with Crippen LogP contribution in [0.15, 0.2) is 33.2 Å². The number of methoxy groups -OCH3 is 1. The van der Waals surface area contributed by atoms with Crippen LogP contribution in [0.25, 0.3) is 0 Å². The van der Waals surface area contributed by atoms with E-state index >= 15 is 0 Å². The van der Waals surface area contributed by atoms with Crippen LogP contribution in [0.4, 0.5) is 17.1 Å². The molecule has 2 rings (SSSR count). The average Bonchev–Trinajstić information content (AvgIpc) is 2.65. The number of rotatable bonds is 6. The van der Waals surface area contributed by atoms with Crippen molar-refractivity contribution in [1.82, 2.24) is 4.57 Å². The number of azo groups is 1. The maximum atomic E-state index is 12.5. The SMILES string of the molecule is COc1ccc(N=Nc2c(C)c(C#N)c(O)n(CCO)c2=O)c([N+](=O)[O-])c1. The molecule has 1 aromatic heterocycles. The Hall–Kier alpha value is -3.78. The van der Waals surface area contributed by atoms with E-state index in [-0.39, 0.29) is 40.5 Å². The van der Waals surface area contributed by atoms with Gasteiger partial charge >= 0.3 is 0 Å². The fourth-order valence-electron chi connectivity index (χ4n) is 2.33. The zero-order valence-corrected chi connectivity index (χ0v) is 14.4. The van der Waals surface area contributed by atoms with Crippen LogP contribution in [-0.2, 0) is 6.54 Å². The van der Waals surface area contributed by atoms with E-state index in [1.807, 2.05) is 0 Å². The number of ether oxygens (including phenoxy) is 1. The zero-order valence-electron chi connectivity index (χ0n) is 14.4. The minimum absolute atomic E-state index is 0.0640. The van der Waals surface area contributed by atoms with E-state index in [9.17, 15) is 25.3 Å². The number of aromatic nitrogens is 1. The zero-order chi connectivity index (χ0) is 20.1. The fraction of sp³-hybridized carbons (Fsp3) is 0.250. The number of nitro benzene ring substituents is 1. The summed E-state index contributed by atoms with van der Waals surface area (Å²) in [7, 11) is 1.35. The number of aromatic hydroxyl groups is 1. The highest BCUT2D eigenvalue weighted by Gasteiger charge is 2.20. The third-order valence-electron chi connectivity index (χ3n) is 3.73. The number of aliphatic hydroxyl groups excluding tert-OH is 1. The van der Waals surface area contributed by atoms with Crippen LogP contribution >= 0.6 is 0 Å². The topological polar surface area (TPSA) is 163 Å². The molecule has 0 saturated heterocycles. The highest BCUT2D eigenvalue weighted by Crippen LogP contribution is 2.33. The van der Waals surface area contributed by atoms with E-state index in [0.29, 0.717) is 0 Å². The number of nitriles is 1. The summed E-state index contributed by atoms with van der Waals surface area (Å²) in [4.78, 5) is 23.0. The van der Waals surface area contributed by atoms with Gasteiger partial charge in [-0.25, -0.2) is 0 Å². The lowest BCUT2D eigenvalue weighted by Crippen LogP contribution is -2.23. The van der Waals surface area contributed by atoms with Crippen molar-refractivity contribution in [2.24, 2.45) is 10.2 Å². The Morgan fingerprint density at radius 2 is 2.11 bits per heavy atom. The normalized spacial score (nSPS) is 10.7. The molecule has 0 aliphatic carbocycles. The Labute approximate surface area is 152 Å². The van der Waals surface area contributed by atoms with Crippen LogP contribution in [0.1, 0.15) is 11.1 Å². The quantitative estimate of drug-likeness (QED) is 0.444. The van der Waals surface area contributed by atoms with Gasteiger partial charge in [0.25, 0.3) is 11.2 Å². The third-order valence-corrected chi connectivity index (χ3v) is 3.73. The Kier molecular flexibility index (Phi) is 5.84. The molecule has 2 N–H and O–H groups in total. The highest BCUT2D eigenvalue weighted by atomic mass is 16.6. The van der Waals surface area contributed by atoms with Crippen molar-refractivity contribution >= 4 is 17.1 Å². The molecule has 11 nitrogen and oxygen atoms in total. The van der Waals surface area contributed by atoms with Crippen molar-refractivity contribution in [3.8, 4) is 17.7 Å². The molecule has 0 unspecified atom stereocenters. The second-order valence-electron chi connectivity index (χ2n) is 5.28. The molecule has 0 amide bonds. The van der Waals surface area contributed by atoms with Crippen LogP contribution in [0.2, 0.25) is 0 Å². The number of hydrogen-bond acceptors (Lipinski definition) is 9. The van der Waals surface area contributed by atoms with Gasteiger partial charge in [-0.1, -0.05) is 0 Å². The summed E-state index contributed by atoms with van der Waals surface area (Å²) >= 11 is 0. The van der Waals surface area contributed by atoms with Crippen LogP contribution in [0.5, 0.6) is 11.6 Å². The van der Waals surface area contributed by atoms with E-state index in [0.717, 1.165) is 10.6 Å². The minimum Gasteiger partial charge on any atom is -0.496 e. The Morgan fingerprint density at radius 1 is 1.41 bits per heavy atom. The van der Waals surface area contributed by atoms with Gasteiger partial charge in [0, 0.05) is 5.56 Å². The fourth-order valence-corrected chi connectivity index (χ4v) is 2.33. The summed E-state index contributed by atoms with van der Waals surface area (Å²) in [5.74, 6) is -0.345. The van der Waals surface area contributed by atoms with Gasteiger partial charge in [-0.05, 0) is 19.1 Å². The lowest BCUT2D eigenvalue weighted by atomic mass is 10.1. The lowest BCUT2D eigenvalue weighted by molar-refractivity contribution is -0.384. The van der Waals surface area contributed by atoms with Crippen molar-refractivity contribution in [2.75, 3.05) is 13.7 Å². The Bertz CT molecular complexity index is 1020. The molecule has 0 atom stereocenters. The van der Waals surface area contributed by atoms with Gasteiger partial charge in [0.05, 0.1) is 31.3 Å². The van der Waals surface area contributed by atoms with Crippen molar-refractivity contribution < 1.29 is 19.9 Å². The third kappa shape index (κ3) is 3.75. The van der Waals surface area contributed by atoms with Gasteiger partial charge in [-0.2, -0.15) is 5.26 Å². The second kappa shape index (κ2) is 8.07. The number of benzene rings is 1. The van der Waals surface area contributed by atoms with Crippen LogP contribution < -0.4 is 10.3 Å². The minimum atomic E-state index is -0.794. The Morgan fingerprint density at radius 3 is 2.67 bits per heavy atom. The van der Waals surface area contributed by atoms with Gasteiger partial charge < -0.3 is 14.9 Å². The van der Waals surface area contributed by atoms with Gasteiger partial charge in [0.2, 0.25) is 5.88 Å². The predicted molar refractivity (Wildman–Crippen MR) is 92.7 cm³/mol. The molecule has 0 aliphatic heterocycles. The molecule has 0 spiro atoms. The molecule has 0 radical (unpaired) electrons.